The predicted octanol–water partition coefficient (Wildman–Crippen LogP) is 4.37. The number of H-pyrrole nitrogens is 2. The summed E-state index contributed by atoms with van der Waals surface area (Å²) in [6, 6.07) is 8.18. The van der Waals surface area contributed by atoms with Gasteiger partial charge in [-0.25, -0.2) is 9.97 Å². The van der Waals surface area contributed by atoms with E-state index >= 15 is 0 Å². The van der Waals surface area contributed by atoms with Gasteiger partial charge in [-0.15, -0.1) is 0 Å². The molecule has 7 nitrogen and oxygen atoms in total. The maximum atomic E-state index is 4.51. The van der Waals surface area contributed by atoms with E-state index in [4.69, 9.17) is 0 Å². The van der Waals surface area contributed by atoms with Crippen molar-refractivity contribution in [2.24, 2.45) is 0 Å². The first-order valence-electron chi connectivity index (χ1n) is 8.54. The first kappa shape index (κ1) is 15.9. The summed E-state index contributed by atoms with van der Waals surface area (Å²) in [7, 11) is 0. The Labute approximate surface area is 150 Å². The van der Waals surface area contributed by atoms with Crippen LogP contribution in [0.4, 0.5) is 11.5 Å². The molecule has 0 aliphatic heterocycles. The second kappa shape index (κ2) is 6.72. The summed E-state index contributed by atoms with van der Waals surface area (Å²) in [6.45, 7) is 4.00. The van der Waals surface area contributed by atoms with Crippen molar-refractivity contribution in [2.75, 3.05) is 5.32 Å². The van der Waals surface area contributed by atoms with Crippen LogP contribution in [-0.4, -0.2) is 29.5 Å². The van der Waals surface area contributed by atoms with Gasteiger partial charge in [0, 0.05) is 46.9 Å². The molecule has 1 aromatic carbocycles. The van der Waals surface area contributed by atoms with Crippen LogP contribution in [0.25, 0.3) is 27.8 Å². The van der Waals surface area contributed by atoms with Gasteiger partial charge in [-0.1, -0.05) is 13.8 Å². The molecule has 0 radical (unpaired) electrons. The van der Waals surface area contributed by atoms with Crippen molar-refractivity contribution in [3.05, 3.63) is 61.4 Å². The van der Waals surface area contributed by atoms with Crippen LogP contribution in [0.5, 0.6) is 0 Å². The zero-order valence-corrected chi connectivity index (χ0v) is 14.6. The van der Waals surface area contributed by atoms with Crippen molar-refractivity contribution < 1.29 is 0 Å². The molecule has 0 spiro atoms. The smallest absolute Gasteiger partial charge is 0.180 e. The van der Waals surface area contributed by atoms with E-state index in [1.54, 1.807) is 12.4 Å². The van der Waals surface area contributed by atoms with Gasteiger partial charge in [-0.05, 0) is 24.3 Å². The second-order valence-electron chi connectivity index (χ2n) is 5.50. The zero-order chi connectivity index (χ0) is 17.9. The fourth-order valence-corrected chi connectivity index (χ4v) is 2.88. The van der Waals surface area contributed by atoms with Crippen molar-refractivity contribution in [1.29, 1.82) is 0 Å². The highest BCUT2D eigenvalue weighted by molar-refractivity contribution is 5.85. The number of hydrogen-bond donors (Lipinski definition) is 3. The molecule has 0 amide bonds. The van der Waals surface area contributed by atoms with Crippen LogP contribution in [0, 0.1) is 0 Å². The Balaban J connectivity index is 0.000000814. The molecule has 0 unspecified atom stereocenters. The fraction of sp³-hybridized carbons (Fsp3) is 0.105. The molecule has 5 rings (SSSR count). The molecule has 4 aromatic heterocycles. The molecule has 0 fully saturated rings. The molecule has 7 heteroatoms. The monoisotopic (exact) mass is 345 g/mol. The van der Waals surface area contributed by atoms with Crippen LogP contribution in [0.15, 0.2) is 61.4 Å². The van der Waals surface area contributed by atoms with E-state index in [-0.39, 0.29) is 0 Å². The van der Waals surface area contributed by atoms with Gasteiger partial charge in [-0.2, -0.15) is 5.10 Å². The number of nitrogens with zero attached hydrogens (tertiary/aromatic N) is 4. The minimum Gasteiger partial charge on any atom is -0.361 e. The average Bonchev–Trinajstić information content (AvgIpc) is 3.43. The maximum Gasteiger partial charge on any atom is 0.180 e. The minimum atomic E-state index is 0.710. The van der Waals surface area contributed by atoms with Crippen molar-refractivity contribution in [1.82, 2.24) is 29.5 Å². The molecule has 130 valence electrons. The van der Waals surface area contributed by atoms with Crippen LogP contribution in [0.2, 0.25) is 0 Å². The Morgan fingerprint density at radius 2 is 2.00 bits per heavy atom. The SMILES string of the molecule is CC.c1cn2c(-c3cn[nH]c3)cnc2c(Nc2ccc3[nH]ccc3c2)n1. The topological polar surface area (TPSA) is 86.7 Å². The molecule has 5 aromatic rings. The first-order valence-corrected chi connectivity index (χ1v) is 8.54. The highest BCUT2D eigenvalue weighted by Gasteiger charge is 2.11. The third-order valence-corrected chi connectivity index (χ3v) is 4.04. The minimum absolute atomic E-state index is 0.710. The number of rotatable bonds is 3. The Hall–Kier alpha value is -3.61. The number of anilines is 2. The summed E-state index contributed by atoms with van der Waals surface area (Å²) in [5.74, 6) is 0.710. The Morgan fingerprint density at radius 1 is 1.08 bits per heavy atom. The lowest BCUT2D eigenvalue weighted by Crippen LogP contribution is -1.98. The maximum absolute atomic E-state index is 4.51. The second-order valence-corrected chi connectivity index (χ2v) is 5.50. The summed E-state index contributed by atoms with van der Waals surface area (Å²) in [5, 5.41) is 11.3. The standard InChI is InChI=1S/C17H13N7.C2H6/c1-2-14-11(3-4-18-14)7-13(1)23-16-17-20-10-15(12-8-21-22-9-12)24(17)6-5-19-16;1-2/h1-10,18H,(H,19,23)(H,21,22);1-2H3. The summed E-state index contributed by atoms with van der Waals surface area (Å²) < 4.78 is 2.00. The number of imidazole rings is 1. The first-order chi connectivity index (χ1) is 12.9. The fourth-order valence-electron chi connectivity index (χ4n) is 2.88. The van der Waals surface area contributed by atoms with E-state index < -0.39 is 0 Å². The van der Waals surface area contributed by atoms with Gasteiger partial charge < -0.3 is 10.3 Å². The van der Waals surface area contributed by atoms with Crippen molar-refractivity contribution >= 4 is 28.1 Å². The molecule has 0 aliphatic rings. The lowest BCUT2D eigenvalue weighted by molar-refractivity contribution is 1.09. The largest absolute Gasteiger partial charge is 0.361 e. The molecular weight excluding hydrogens is 326 g/mol. The molecule has 0 saturated carbocycles. The van der Waals surface area contributed by atoms with E-state index in [2.05, 4.69) is 36.5 Å². The van der Waals surface area contributed by atoms with E-state index in [1.165, 1.54) is 0 Å². The van der Waals surface area contributed by atoms with Crippen molar-refractivity contribution in [3.8, 4) is 11.3 Å². The highest BCUT2D eigenvalue weighted by Crippen LogP contribution is 2.25. The number of hydrogen-bond acceptors (Lipinski definition) is 4. The summed E-state index contributed by atoms with van der Waals surface area (Å²) in [6.07, 6.45) is 11.0. The van der Waals surface area contributed by atoms with Gasteiger partial charge in [0.15, 0.2) is 11.5 Å². The van der Waals surface area contributed by atoms with Gasteiger partial charge in [0.05, 0.1) is 18.1 Å². The highest BCUT2D eigenvalue weighted by atomic mass is 15.1. The molecule has 0 aliphatic carbocycles. The molecule has 0 atom stereocenters. The molecule has 3 N–H and O–H groups in total. The predicted molar refractivity (Wildman–Crippen MR) is 103 cm³/mol. The van der Waals surface area contributed by atoms with Crippen LogP contribution < -0.4 is 5.32 Å². The lowest BCUT2D eigenvalue weighted by Gasteiger charge is -2.07. The number of fused-ring (bicyclic) bond motifs is 2. The number of benzene rings is 1. The number of aromatic nitrogens is 6. The van der Waals surface area contributed by atoms with E-state index in [0.717, 1.165) is 33.5 Å². The van der Waals surface area contributed by atoms with Gasteiger partial charge in [0.25, 0.3) is 0 Å². The quantitative estimate of drug-likeness (QED) is 0.453. The molecular formula is C19H19N7. The summed E-state index contributed by atoms with van der Waals surface area (Å²) >= 11 is 0. The van der Waals surface area contributed by atoms with Gasteiger partial charge in [0.1, 0.15) is 0 Å². The third kappa shape index (κ3) is 2.69. The normalized spacial score (nSPS) is 10.7. The zero-order valence-electron chi connectivity index (χ0n) is 14.6. The van der Waals surface area contributed by atoms with E-state index in [9.17, 15) is 0 Å². The van der Waals surface area contributed by atoms with Crippen molar-refractivity contribution in [3.63, 3.8) is 0 Å². The van der Waals surface area contributed by atoms with E-state index in [1.807, 2.05) is 61.2 Å². The van der Waals surface area contributed by atoms with Crippen LogP contribution in [0.3, 0.4) is 0 Å². The molecule has 26 heavy (non-hydrogen) atoms. The van der Waals surface area contributed by atoms with Crippen LogP contribution in [0.1, 0.15) is 13.8 Å². The Morgan fingerprint density at radius 3 is 2.85 bits per heavy atom. The third-order valence-electron chi connectivity index (χ3n) is 4.04. The summed E-state index contributed by atoms with van der Waals surface area (Å²) in [5.41, 5.74) is 4.78. The van der Waals surface area contributed by atoms with Crippen molar-refractivity contribution in [2.45, 2.75) is 13.8 Å². The summed E-state index contributed by atoms with van der Waals surface area (Å²) in [4.78, 5) is 12.1. The molecule has 0 saturated heterocycles. The van der Waals surface area contributed by atoms with Gasteiger partial charge >= 0.3 is 0 Å². The number of nitrogens with one attached hydrogen (secondary N) is 3. The van der Waals surface area contributed by atoms with Gasteiger partial charge in [-0.3, -0.25) is 9.50 Å². The van der Waals surface area contributed by atoms with Crippen LogP contribution >= 0.6 is 0 Å². The molecule has 0 bridgehead atoms. The Kier molecular flexibility index (Phi) is 4.10. The molecule has 4 heterocycles. The van der Waals surface area contributed by atoms with Gasteiger partial charge in [0.2, 0.25) is 0 Å². The van der Waals surface area contributed by atoms with Crippen LogP contribution in [-0.2, 0) is 0 Å². The van der Waals surface area contributed by atoms with E-state index in [0.29, 0.717) is 5.82 Å². The number of aromatic amines is 2. The average molecular weight is 345 g/mol. The Bertz CT molecular complexity index is 1140. The lowest BCUT2D eigenvalue weighted by atomic mass is 10.2.